The highest BCUT2D eigenvalue weighted by atomic mass is 35.5. The summed E-state index contributed by atoms with van der Waals surface area (Å²) in [5.74, 6) is -0.354. The monoisotopic (exact) mass is 444 g/mol. The number of rotatable bonds is 5. The van der Waals surface area contributed by atoms with Crippen LogP contribution in [0.3, 0.4) is 0 Å². The third kappa shape index (κ3) is 4.55. The van der Waals surface area contributed by atoms with Gasteiger partial charge in [0, 0.05) is 42.1 Å². The van der Waals surface area contributed by atoms with Gasteiger partial charge in [-0.15, -0.1) is 0 Å². The second-order valence-corrected chi connectivity index (χ2v) is 7.69. The molecule has 2 amide bonds. The smallest absolute Gasteiger partial charge is 0.259 e. The van der Waals surface area contributed by atoms with Crippen molar-refractivity contribution in [3.05, 3.63) is 95.6 Å². The molecule has 0 saturated carbocycles. The average molecular weight is 445 g/mol. The predicted octanol–water partition coefficient (Wildman–Crippen LogP) is 5.43. The summed E-state index contributed by atoms with van der Waals surface area (Å²) >= 11 is 6.03. The van der Waals surface area contributed by atoms with Crippen LogP contribution < -0.4 is 10.2 Å². The number of carbonyl (C=O) groups is 2. The third-order valence-corrected chi connectivity index (χ3v) is 5.33. The van der Waals surface area contributed by atoms with Gasteiger partial charge >= 0.3 is 0 Å². The maximum absolute atomic E-state index is 13.2. The van der Waals surface area contributed by atoms with Gasteiger partial charge in [-0.25, -0.2) is 4.68 Å². The van der Waals surface area contributed by atoms with Crippen LogP contribution in [0.25, 0.3) is 16.9 Å². The van der Waals surface area contributed by atoms with E-state index in [0.717, 1.165) is 16.9 Å². The highest BCUT2D eigenvalue weighted by Gasteiger charge is 2.19. The van der Waals surface area contributed by atoms with Crippen LogP contribution in [0.5, 0.6) is 0 Å². The fraction of sp³-hybridized carbons (Fsp3) is 0.0800. The molecule has 7 heteroatoms. The van der Waals surface area contributed by atoms with Crippen LogP contribution >= 0.6 is 11.6 Å². The number of hydrogen-bond acceptors (Lipinski definition) is 3. The Balaban J connectivity index is 1.67. The fourth-order valence-electron chi connectivity index (χ4n) is 3.22. The van der Waals surface area contributed by atoms with Crippen molar-refractivity contribution in [3.8, 4) is 16.9 Å². The van der Waals surface area contributed by atoms with Crippen molar-refractivity contribution >= 4 is 34.8 Å². The quantitative estimate of drug-likeness (QED) is 0.446. The summed E-state index contributed by atoms with van der Waals surface area (Å²) in [6, 6.07) is 23.9. The van der Waals surface area contributed by atoms with Gasteiger partial charge in [-0.05, 0) is 48.5 Å². The molecule has 0 fully saturated rings. The molecule has 0 aliphatic heterocycles. The summed E-state index contributed by atoms with van der Waals surface area (Å²) in [5.41, 5.74) is 3.97. The van der Waals surface area contributed by atoms with Gasteiger partial charge in [0.1, 0.15) is 5.69 Å². The highest BCUT2D eigenvalue weighted by Crippen LogP contribution is 2.26. The number of amides is 2. The second kappa shape index (κ2) is 9.08. The number of nitrogens with one attached hydrogen (secondary N) is 1. The van der Waals surface area contributed by atoms with Gasteiger partial charge in [0.15, 0.2) is 0 Å². The van der Waals surface area contributed by atoms with Crippen LogP contribution in [0.4, 0.5) is 11.4 Å². The number of nitrogens with zero attached hydrogens (tertiary/aromatic N) is 3. The van der Waals surface area contributed by atoms with Crippen LogP contribution in [-0.2, 0) is 4.79 Å². The van der Waals surface area contributed by atoms with Gasteiger partial charge in [0.05, 0.1) is 11.3 Å². The van der Waals surface area contributed by atoms with E-state index < -0.39 is 0 Å². The molecule has 1 aromatic heterocycles. The Bertz CT molecular complexity index is 1250. The number of carbonyl (C=O) groups excluding carboxylic acids is 2. The minimum Gasteiger partial charge on any atom is -0.322 e. The summed E-state index contributed by atoms with van der Waals surface area (Å²) in [6.45, 7) is 1.50. The molecule has 0 radical (unpaired) electrons. The SMILES string of the molecule is CC(=O)N(C)c1ccc(NC(=O)c2cn(-c3ccccc3)nc2-c2ccc(Cl)cc2)cc1. The number of halogens is 1. The van der Waals surface area contributed by atoms with Crippen LogP contribution in [0.1, 0.15) is 17.3 Å². The molecule has 4 aromatic rings. The molecule has 1 heterocycles. The second-order valence-electron chi connectivity index (χ2n) is 7.26. The van der Waals surface area contributed by atoms with Gasteiger partial charge in [-0.1, -0.05) is 41.9 Å². The van der Waals surface area contributed by atoms with Gasteiger partial charge in [0.25, 0.3) is 5.91 Å². The first-order valence-electron chi connectivity index (χ1n) is 9.99. The summed E-state index contributed by atoms with van der Waals surface area (Å²) in [7, 11) is 1.70. The summed E-state index contributed by atoms with van der Waals surface area (Å²) in [6.07, 6.45) is 1.71. The summed E-state index contributed by atoms with van der Waals surface area (Å²) < 4.78 is 1.68. The van der Waals surface area contributed by atoms with Crippen molar-refractivity contribution in [1.82, 2.24) is 9.78 Å². The molecule has 32 heavy (non-hydrogen) atoms. The predicted molar refractivity (Wildman–Crippen MR) is 127 cm³/mol. The summed E-state index contributed by atoms with van der Waals surface area (Å²) in [5, 5.41) is 8.20. The van der Waals surface area contributed by atoms with Crippen molar-refractivity contribution in [2.75, 3.05) is 17.3 Å². The van der Waals surface area contributed by atoms with Crippen molar-refractivity contribution in [2.45, 2.75) is 6.92 Å². The van der Waals surface area contributed by atoms with Gasteiger partial charge < -0.3 is 10.2 Å². The Kier molecular flexibility index (Phi) is 6.05. The van der Waals surface area contributed by atoms with E-state index in [1.165, 1.54) is 11.8 Å². The lowest BCUT2D eigenvalue weighted by molar-refractivity contribution is -0.116. The molecular weight excluding hydrogens is 424 g/mol. The third-order valence-electron chi connectivity index (χ3n) is 5.08. The first-order valence-corrected chi connectivity index (χ1v) is 10.4. The van der Waals surface area contributed by atoms with E-state index in [1.807, 2.05) is 42.5 Å². The minimum absolute atomic E-state index is 0.0669. The number of benzene rings is 3. The molecule has 1 N–H and O–H groups in total. The molecule has 4 rings (SSSR count). The van der Waals surface area contributed by atoms with Gasteiger partial charge in [0.2, 0.25) is 5.91 Å². The lowest BCUT2D eigenvalue weighted by Gasteiger charge is -2.15. The van der Waals surface area contributed by atoms with Crippen molar-refractivity contribution < 1.29 is 9.59 Å². The lowest BCUT2D eigenvalue weighted by Crippen LogP contribution is -2.22. The molecular formula is C25H21ClN4O2. The molecule has 3 aromatic carbocycles. The Hall–Kier alpha value is -3.90. The van der Waals surface area contributed by atoms with Gasteiger partial charge in [-0.2, -0.15) is 5.10 Å². The van der Waals surface area contributed by atoms with Crippen LogP contribution in [0.2, 0.25) is 5.02 Å². The fourth-order valence-corrected chi connectivity index (χ4v) is 3.35. The number of aromatic nitrogens is 2. The minimum atomic E-state index is -0.287. The molecule has 0 bridgehead atoms. The Morgan fingerprint density at radius 3 is 2.22 bits per heavy atom. The molecule has 0 aliphatic rings. The maximum Gasteiger partial charge on any atom is 0.259 e. The van der Waals surface area contributed by atoms with E-state index in [-0.39, 0.29) is 11.8 Å². The van der Waals surface area contributed by atoms with Crippen molar-refractivity contribution in [1.29, 1.82) is 0 Å². The maximum atomic E-state index is 13.2. The average Bonchev–Trinajstić information content (AvgIpc) is 3.26. The number of hydrogen-bond donors (Lipinski definition) is 1. The largest absolute Gasteiger partial charge is 0.322 e. The van der Waals surface area contributed by atoms with E-state index in [1.54, 1.807) is 54.3 Å². The number of anilines is 2. The topological polar surface area (TPSA) is 67.2 Å². The molecule has 160 valence electrons. The lowest BCUT2D eigenvalue weighted by atomic mass is 10.1. The molecule has 0 aliphatic carbocycles. The van der Waals surface area contributed by atoms with Crippen LogP contribution in [0, 0.1) is 0 Å². The molecule has 6 nitrogen and oxygen atoms in total. The zero-order chi connectivity index (χ0) is 22.7. The van der Waals surface area contributed by atoms with Crippen LogP contribution in [0.15, 0.2) is 85.1 Å². The molecule has 0 atom stereocenters. The first kappa shape index (κ1) is 21.3. The zero-order valence-electron chi connectivity index (χ0n) is 17.6. The molecule has 0 unspecified atom stereocenters. The first-order chi connectivity index (χ1) is 15.4. The Labute approximate surface area is 191 Å². The van der Waals surface area contributed by atoms with E-state index >= 15 is 0 Å². The van der Waals surface area contributed by atoms with E-state index in [2.05, 4.69) is 10.4 Å². The molecule has 0 saturated heterocycles. The number of para-hydroxylation sites is 1. The van der Waals surface area contributed by atoms with Crippen LogP contribution in [-0.4, -0.2) is 28.6 Å². The Morgan fingerprint density at radius 2 is 1.59 bits per heavy atom. The highest BCUT2D eigenvalue weighted by molar-refractivity contribution is 6.30. The standard InChI is InChI=1S/C25H21ClN4O2/c1-17(31)29(2)21-14-12-20(13-15-21)27-25(32)23-16-30(22-6-4-3-5-7-22)28-24(23)18-8-10-19(26)11-9-18/h3-16H,1-2H3,(H,27,32). The van der Waals surface area contributed by atoms with E-state index in [9.17, 15) is 9.59 Å². The summed E-state index contributed by atoms with van der Waals surface area (Å²) in [4.78, 5) is 26.3. The van der Waals surface area contributed by atoms with E-state index in [4.69, 9.17) is 11.6 Å². The zero-order valence-corrected chi connectivity index (χ0v) is 18.4. The normalized spacial score (nSPS) is 10.6. The van der Waals surface area contributed by atoms with Crippen molar-refractivity contribution in [3.63, 3.8) is 0 Å². The van der Waals surface area contributed by atoms with Gasteiger partial charge in [-0.3, -0.25) is 9.59 Å². The van der Waals surface area contributed by atoms with E-state index in [0.29, 0.717) is 22.0 Å². The van der Waals surface area contributed by atoms with Crippen molar-refractivity contribution in [2.24, 2.45) is 0 Å². The molecule has 0 spiro atoms. The Morgan fingerprint density at radius 1 is 0.938 bits per heavy atom.